The van der Waals surface area contributed by atoms with E-state index < -0.39 is 0 Å². The summed E-state index contributed by atoms with van der Waals surface area (Å²) in [5.74, 6) is 4.41. The summed E-state index contributed by atoms with van der Waals surface area (Å²) in [6.07, 6.45) is 16.8. The van der Waals surface area contributed by atoms with Crippen LogP contribution < -0.4 is 0 Å². The quantitative estimate of drug-likeness (QED) is 0.706. The minimum absolute atomic E-state index is 0.929. The molecule has 0 radical (unpaired) electrons. The summed E-state index contributed by atoms with van der Waals surface area (Å²) in [5, 5.41) is 0. The molecule has 1 aliphatic heterocycles. The van der Waals surface area contributed by atoms with E-state index in [2.05, 4.69) is 9.80 Å². The monoisotopic (exact) mass is 316 g/mol. The average Bonchev–Trinajstić information content (AvgIpc) is 2.84. The Hall–Kier alpha value is -0.0800. The molecule has 6 aliphatic rings. The van der Waals surface area contributed by atoms with Crippen LogP contribution in [0.3, 0.4) is 0 Å². The van der Waals surface area contributed by atoms with Gasteiger partial charge in [-0.2, -0.15) is 0 Å². The summed E-state index contributed by atoms with van der Waals surface area (Å²) in [5.41, 5.74) is 0. The molecule has 5 saturated carbocycles. The van der Waals surface area contributed by atoms with Gasteiger partial charge in [0.25, 0.3) is 0 Å². The van der Waals surface area contributed by atoms with Crippen molar-refractivity contribution in [1.29, 1.82) is 0 Å². The fraction of sp³-hybridized carbons (Fsp3) is 1.00. The van der Waals surface area contributed by atoms with Gasteiger partial charge in [0.1, 0.15) is 0 Å². The van der Waals surface area contributed by atoms with Gasteiger partial charge in [0.05, 0.1) is 0 Å². The van der Waals surface area contributed by atoms with E-state index in [1.54, 1.807) is 32.1 Å². The Kier molecular flexibility index (Phi) is 4.18. The number of hydrogen-bond acceptors (Lipinski definition) is 2. The molecule has 6 fully saturated rings. The highest BCUT2D eigenvalue weighted by molar-refractivity contribution is 5.03. The van der Waals surface area contributed by atoms with Crippen molar-refractivity contribution in [1.82, 2.24) is 9.80 Å². The third kappa shape index (κ3) is 2.88. The minimum atomic E-state index is 0.929. The fourth-order valence-corrected chi connectivity index (χ4v) is 7.52. The molecule has 130 valence electrons. The van der Waals surface area contributed by atoms with Crippen LogP contribution in [0, 0.1) is 23.7 Å². The van der Waals surface area contributed by atoms with Gasteiger partial charge in [-0.05, 0) is 68.6 Å². The maximum absolute atomic E-state index is 2.96. The second-order valence-corrected chi connectivity index (χ2v) is 9.64. The molecule has 0 N–H and O–H groups in total. The Morgan fingerprint density at radius 2 is 1.04 bits per heavy atom. The summed E-state index contributed by atoms with van der Waals surface area (Å²) in [6.45, 7) is 5.49. The van der Waals surface area contributed by atoms with E-state index in [1.165, 1.54) is 64.7 Å². The van der Waals surface area contributed by atoms with Crippen LogP contribution in [0.1, 0.15) is 70.6 Å². The highest BCUT2D eigenvalue weighted by Crippen LogP contribution is 2.55. The van der Waals surface area contributed by atoms with Crippen LogP contribution in [0.4, 0.5) is 0 Å². The maximum atomic E-state index is 2.96. The molecule has 0 spiro atoms. The Balaban J connectivity index is 1.20. The van der Waals surface area contributed by atoms with E-state index in [0.29, 0.717) is 0 Å². The molecule has 2 nitrogen and oxygen atoms in total. The van der Waals surface area contributed by atoms with Gasteiger partial charge < -0.3 is 0 Å². The van der Waals surface area contributed by atoms with E-state index in [0.717, 1.165) is 35.8 Å². The van der Waals surface area contributed by atoms with Gasteiger partial charge in [0.15, 0.2) is 0 Å². The molecule has 1 saturated heterocycles. The lowest BCUT2D eigenvalue weighted by molar-refractivity contribution is -0.0794. The molecule has 0 atom stereocenters. The molecule has 2 heteroatoms. The van der Waals surface area contributed by atoms with Crippen LogP contribution in [0.5, 0.6) is 0 Å². The first-order chi connectivity index (χ1) is 11.4. The second-order valence-electron chi connectivity index (χ2n) is 9.64. The average molecular weight is 317 g/mol. The van der Waals surface area contributed by atoms with Gasteiger partial charge in [-0.25, -0.2) is 0 Å². The molecular formula is C21H36N2. The van der Waals surface area contributed by atoms with Gasteiger partial charge in [0, 0.05) is 38.3 Å². The summed E-state index contributed by atoms with van der Waals surface area (Å²) in [4.78, 5) is 5.83. The van der Waals surface area contributed by atoms with E-state index >= 15 is 0 Å². The smallest absolute Gasteiger partial charge is 0.0153 e. The third-order valence-electron chi connectivity index (χ3n) is 8.29. The first-order valence-corrected chi connectivity index (χ1v) is 10.8. The normalized spacial score (nSPS) is 46.2. The zero-order valence-electron chi connectivity index (χ0n) is 15.0. The summed E-state index contributed by atoms with van der Waals surface area (Å²) < 4.78 is 0. The van der Waals surface area contributed by atoms with Crippen LogP contribution in [-0.2, 0) is 0 Å². The highest BCUT2D eigenvalue weighted by Gasteiger charge is 2.50. The topological polar surface area (TPSA) is 6.48 Å². The van der Waals surface area contributed by atoms with Gasteiger partial charge in [-0.1, -0.05) is 25.7 Å². The molecule has 6 rings (SSSR count). The van der Waals surface area contributed by atoms with Crippen LogP contribution in [0.15, 0.2) is 0 Å². The number of nitrogens with zero attached hydrogens (tertiary/aromatic N) is 2. The van der Waals surface area contributed by atoms with E-state index in [1.807, 2.05) is 0 Å². The first kappa shape index (κ1) is 15.2. The summed E-state index contributed by atoms with van der Waals surface area (Å²) in [7, 11) is 0. The van der Waals surface area contributed by atoms with Crippen molar-refractivity contribution in [3.63, 3.8) is 0 Å². The van der Waals surface area contributed by atoms with Gasteiger partial charge in [0.2, 0.25) is 0 Å². The molecule has 0 unspecified atom stereocenters. The Morgan fingerprint density at radius 1 is 0.522 bits per heavy atom. The lowest BCUT2D eigenvalue weighted by atomic mass is 9.54. The standard InChI is InChI=1S/C21H36N2/c1-2-4-6-20(5-3-1)22-7-9-23(10-8-22)21-18-12-16-11-17(14-18)15-19(21)13-16/h16-21H,1-15H2. The van der Waals surface area contributed by atoms with Crippen molar-refractivity contribution >= 4 is 0 Å². The van der Waals surface area contributed by atoms with Crippen molar-refractivity contribution in [2.24, 2.45) is 23.7 Å². The molecule has 0 aromatic heterocycles. The Labute approximate surface area is 143 Å². The summed E-state index contributed by atoms with van der Waals surface area (Å²) >= 11 is 0. The Bertz CT molecular complexity index is 376. The first-order valence-electron chi connectivity index (χ1n) is 10.8. The van der Waals surface area contributed by atoms with Crippen molar-refractivity contribution in [3.05, 3.63) is 0 Å². The second kappa shape index (κ2) is 6.33. The van der Waals surface area contributed by atoms with E-state index in [-0.39, 0.29) is 0 Å². The molecule has 5 aliphatic carbocycles. The van der Waals surface area contributed by atoms with Crippen LogP contribution in [-0.4, -0.2) is 48.1 Å². The fourth-order valence-electron chi connectivity index (χ4n) is 7.52. The molecular weight excluding hydrogens is 280 g/mol. The maximum Gasteiger partial charge on any atom is 0.0153 e. The highest BCUT2D eigenvalue weighted by atomic mass is 15.3. The SMILES string of the molecule is C1CCCC(N2CCN(C3C4CC5CC(C4)CC3C5)CC2)CC1. The summed E-state index contributed by atoms with van der Waals surface area (Å²) in [6, 6.07) is 1.91. The predicted octanol–water partition coefficient (Wildman–Crippen LogP) is 4.15. The van der Waals surface area contributed by atoms with Crippen molar-refractivity contribution in [3.8, 4) is 0 Å². The number of hydrogen-bond donors (Lipinski definition) is 0. The zero-order valence-corrected chi connectivity index (χ0v) is 15.0. The molecule has 1 heterocycles. The van der Waals surface area contributed by atoms with Crippen molar-refractivity contribution in [2.45, 2.75) is 82.7 Å². The van der Waals surface area contributed by atoms with Gasteiger partial charge in [-0.3, -0.25) is 9.80 Å². The lowest BCUT2D eigenvalue weighted by Gasteiger charge is -2.58. The molecule has 0 amide bonds. The number of piperazine rings is 1. The largest absolute Gasteiger partial charge is 0.298 e. The van der Waals surface area contributed by atoms with Gasteiger partial charge in [-0.15, -0.1) is 0 Å². The van der Waals surface area contributed by atoms with Crippen LogP contribution in [0.25, 0.3) is 0 Å². The molecule has 0 aromatic carbocycles. The third-order valence-corrected chi connectivity index (χ3v) is 8.29. The zero-order chi connectivity index (χ0) is 15.2. The van der Waals surface area contributed by atoms with Gasteiger partial charge >= 0.3 is 0 Å². The molecule has 4 bridgehead atoms. The van der Waals surface area contributed by atoms with Crippen LogP contribution in [0.2, 0.25) is 0 Å². The number of rotatable bonds is 2. The predicted molar refractivity (Wildman–Crippen MR) is 95.5 cm³/mol. The Morgan fingerprint density at radius 3 is 1.61 bits per heavy atom. The van der Waals surface area contributed by atoms with Crippen molar-refractivity contribution < 1.29 is 0 Å². The van der Waals surface area contributed by atoms with Crippen LogP contribution >= 0.6 is 0 Å². The van der Waals surface area contributed by atoms with E-state index in [9.17, 15) is 0 Å². The van der Waals surface area contributed by atoms with E-state index in [4.69, 9.17) is 0 Å². The minimum Gasteiger partial charge on any atom is -0.298 e. The molecule has 0 aromatic rings. The molecule has 23 heavy (non-hydrogen) atoms. The van der Waals surface area contributed by atoms with Crippen molar-refractivity contribution in [2.75, 3.05) is 26.2 Å². The lowest BCUT2D eigenvalue weighted by Crippen LogP contribution is -2.61.